The summed E-state index contributed by atoms with van der Waals surface area (Å²) >= 11 is 1.31. The summed E-state index contributed by atoms with van der Waals surface area (Å²) in [6.07, 6.45) is 2.34. The average Bonchev–Trinajstić information content (AvgIpc) is 2.66. The van der Waals surface area contributed by atoms with Crippen molar-refractivity contribution >= 4 is 23.0 Å². The molecular weight excluding hydrogens is 222 g/mol. The van der Waals surface area contributed by atoms with Crippen LogP contribution in [0.15, 0.2) is 11.4 Å². The van der Waals surface area contributed by atoms with Crippen LogP contribution in [0.2, 0.25) is 0 Å². The monoisotopic (exact) mass is 239 g/mol. The summed E-state index contributed by atoms with van der Waals surface area (Å²) in [5, 5.41) is 10.8. The molecule has 0 spiro atoms. The van der Waals surface area contributed by atoms with Crippen molar-refractivity contribution in [3.8, 4) is 0 Å². The van der Waals surface area contributed by atoms with E-state index in [-0.39, 0.29) is 0 Å². The summed E-state index contributed by atoms with van der Waals surface area (Å²) in [6.45, 7) is 6.65. The molecule has 2 rings (SSSR count). The van der Waals surface area contributed by atoms with Crippen molar-refractivity contribution in [2.75, 3.05) is 18.0 Å². The van der Waals surface area contributed by atoms with Gasteiger partial charge >= 0.3 is 5.97 Å². The Morgan fingerprint density at radius 3 is 2.56 bits per heavy atom. The van der Waals surface area contributed by atoms with Crippen molar-refractivity contribution in [3.05, 3.63) is 16.3 Å². The van der Waals surface area contributed by atoms with Crippen molar-refractivity contribution in [2.45, 2.75) is 26.7 Å². The van der Waals surface area contributed by atoms with Crippen LogP contribution >= 0.6 is 11.3 Å². The number of aromatic carboxylic acids is 1. The third-order valence-electron chi connectivity index (χ3n) is 3.28. The highest BCUT2D eigenvalue weighted by Crippen LogP contribution is 2.33. The normalized spacial score (nSPS) is 19.8. The van der Waals surface area contributed by atoms with Crippen LogP contribution in [0.4, 0.5) is 5.69 Å². The third kappa shape index (κ3) is 2.38. The van der Waals surface area contributed by atoms with Crippen LogP contribution in [0, 0.1) is 5.41 Å². The Balaban J connectivity index is 2.05. The van der Waals surface area contributed by atoms with Crippen LogP contribution < -0.4 is 4.90 Å². The maximum absolute atomic E-state index is 10.8. The van der Waals surface area contributed by atoms with E-state index in [2.05, 4.69) is 18.7 Å². The van der Waals surface area contributed by atoms with E-state index in [4.69, 9.17) is 5.11 Å². The van der Waals surface area contributed by atoms with Crippen molar-refractivity contribution < 1.29 is 9.90 Å². The number of anilines is 1. The van der Waals surface area contributed by atoms with E-state index in [1.807, 2.05) is 5.38 Å². The molecule has 1 aromatic heterocycles. The Bertz CT molecular complexity index is 387. The van der Waals surface area contributed by atoms with E-state index >= 15 is 0 Å². The Hall–Kier alpha value is -1.03. The zero-order valence-electron chi connectivity index (χ0n) is 9.69. The largest absolute Gasteiger partial charge is 0.477 e. The first kappa shape index (κ1) is 11.5. The molecule has 0 saturated carbocycles. The zero-order valence-corrected chi connectivity index (χ0v) is 10.5. The molecule has 0 radical (unpaired) electrons. The molecule has 0 bridgehead atoms. The van der Waals surface area contributed by atoms with E-state index in [1.165, 1.54) is 24.2 Å². The van der Waals surface area contributed by atoms with Crippen molar-refractivity contribution in [2.24, 2.45) is 5.41 Å². The lowest BCUT2D eigenvalue weighted by molar-refractivity contribution is 0.0702. The molecule has 88 valence electrons. The number of hydrogen-bond acceptors (Lipinski definition) is 3. The minimum absolute atomic E-state index is 0.430. The number of rotatable bonds is 2. The van der Waals surface area contributed by atoms with Crippen LogP contribution in [0.3, 0.4) is 0 Å². The number of nitrogens with zero attached hydrogens (tertiary/aromatic N) is 1. The molecule has 1 fully saturated rings. The van der Waals surface area contributed by atoms with Crippen molar-refractivity contribution in [1.82, 2.24) is 0 Å². The van der Waals surface area contributed by atoms with Crippen molar-refractivity contribution in [1.29, 1.82) is 0 Å². The lowest BCUT2D eigenvalue weighted by atomic mass is 9.82. The first-order valence-corrected chi connectivity index (χ1v) is 6.43. The fourth-order valence-corrected chi connectivity index (χ4v) is 2.73. The zero-order chi connectivity index (χ0) is 11.8. The van der Waals surface area contributed by atoms with Gasteiger partial charge in [0.05, 0.1) is 0 Å². The van der Waals surface area contributed by atoms with E-state index in [1.54, 1.807) is 6.07 Å². The molecule has 0 unspecified atom stereocenters. The highest BCUT2D eigenvalue weighted by atomic mass is 32.1. The molecule has 1 aliphatic heterocycles. The topological polar surface area (TPSA) is 40.5 Å². The molecule has 0 atom stereocenters. The summed E-state index contributed by atoms with van der Waals surface area (Å²) in [5.41, 5.74) is 1.50. The number of piperidine rings is 1. The van der Waals surface area contributed by atoms with Gasteiger partial charge in [-0.15, -0.1) is 11.3 Å². The summed E-state index contributed by atoms with van der Waals surface area (Å²) in [6, 6.07) is 1.78. The predicted octanol–water partition coefficient (Wildman–Crippen LogP) is 3.07. The standard InChI is InChI=1S/C12H17NO2S/c1-12(2)3-5-13(6-4-12)9-7-10(11(14)15)16-8-9/h7-8H,3-6H2,1-2H3,(H,14,15). The Labute approximate surface area is 99.7 Å². The van der Waals surface area contributed by atoms with Gasteiger partial charge in [0.2, 0.25) is 0 Å². The summed E-state index contributed by atoms with van der Waals surface area (Å²) < 4.78 is 0. The fourth-order valence-electron chi connectivity index (χ4n) is 1.97. The third-order valence-corrected chi connectivity index (χ3v) is 4.18. The van der Waals surface area contributed by atoms with E-state index in [9.17, 15) is 4.79 Å². The molecule has 1 saturated heterocycles. The van der Waals surface area contributed by atoms with E-state index < -0.39 is 5.97 Å². The van der Waals surface area contributed by atoms with Gasteiger partial charge in [-0.3, -0.25) is 0 Å². The van der Waals surface area contributed by atoms with Gasteiger partial charge in [0, 0.05) is 24.2 Å². The van der Waals surface area contributed by atoms with Gasteiger partial charge < -0.3 is 10.0 Å². The maximum atomic E-state index is 10.8. The Kier molecular flexibility index (Phi) is 2.93. The molecule has 3 nitrogen and oxygen atoms in total. The highest BCUT2D eigenvalue weighted by molar-refractivity contribution is 7.12. The van der Waals surface area contributed by atoms with E-state index in [0.29, 0.717) is 10.3 Å². The van der Waals surface area contributed by atoms with Gasteiger partial charge in [-0.25, -0.2) is 4.79 Å². The average molecular weight is 239 g/mol. The van der Waals surface area contributed by atoms with E-state index in [0.717, 1.165) is 18.8 Å². The summed E-state index contributed by atoms with van der Waals surface area (Å²) in [4.78, 5) is 13.5. The summed E-state index contributed by atoms with van der Waals surface area (Å²) in [7, 11) is 0. The molecule has 1 aromatic rings. The molecule has 1 N–H and O–H groups in total. The lowest BCUT2D eigenvalue weighted by Crippen LogP contribution is -2.37. The minimum atomic E-state index is -0.825. The molecule has 1 aliphatic rings. The molecule has 2 heterocycles. The lowest BCUT2D eigenvalue weighted by Gasteiger charge is -2.37. The number of carbonyl (C=O) groups is 1. The second-order valence-corrected chi connectivity index (χ2v) is 6.04. The highest BCUT2D eigenvalue weighted by Gasteiger charge is 2.26. The Morgan fingerprint density at radius 1 is 1.44 bits per heavy atom. The molecule has 16 heavy (non-hydrogen) atoms. The van der Waals surface area contributed by atoms with Gasteiger partial charge in [0.15, 0.2) is 0 Å². The molecule has 0 aromatic carbocycles. The fraction of sp³-hybridized carbons (Fsp3) is 0.583. The minimum Gasteiger partial charge on any atom is -0.477 e. The molecular formula is C12H17NO2S. The second-order valence-electron chi connectivity index (χ2n) is 5.13. The van der Waals surface area contributed by atoms with Gasteiger partial charge in [-0.2, -0.15) is 0 Å². The van der Waals surface area contributed by atoms with Crippen LogP contribution in [-0.4, -0.2) is 24.2 Å². The van der Waals surface area contributed by atoms with Gasteiger partial charge in [0.1, 0.15) is 4.88 Å². The van der Waals surface area contributed by atoms with Gasteiger partial charge in [-0.1, -0.05) is 13.8 Å². The SMILES string of the molecule is CC1(C)CCN(c2csc(C(=O)O)c2)CC1. The quantitative estimate of drug-likeness (QED) is 0.862. The van der Waals surface area contributed by atoms with Gasteiger partial charge in [-0.05, 0) is 24.3 Å². The number of thiophene rings is 1. The first-order chi connectivity index (χ1) is 7.48. The first-order valence-electron chi connectivity index (χ1n) is 5.55. The van der Waals surface area contributed by atoms with Gasteiger partial charge in [0.25, 0.3) is 0 Å². The van der Waals surface area contributed by atoms with Crippen LogP contribution in [0.1, 0.15) is 36.4 Å². The maximum Gasteiger partial charge on any atom is 0.345 e. The van der Waals surface area contributed by atoms with Crippen LogP contribution in [0.5, 0.6) is 0 Å². The van der Waals surface area contributed by atoms with Crippen LogP contribution in [0.25, 0.3) is 0 Å². The second kappa shape index (κ2) is 4.09. The van der Waals surface area contributed by atoms with Crippen molar-refractivity contribution in [3.63, 3.8) is 0 Å². The smallest absolute Gasteiger partial charge is 0.345 e. The number of carboxylic acids is 1. The number of carboxylic acid groups (broad SMARTS) is 1. The molecule has 4 heteroatoms. The molecule has 0 aliphatic carbocycles. The summed E-state index contributed by atoms with van der Waals surface area (Å²) in [5.74, 6) is -0.825. The van der Waals surface area contributed by atoms with Crippen LogP contribution in [-0.2, 0) is 0 Å². The molecule has 0 amide bonds. The number of hydrogen-bond donors (Lipinski definition) is 1. The Morgan fingerprint density at radius 2 is 2.06 bits per heavy atom. The predicted molar refractivity (Wildman–Crippen MR) is 66.5 cm³/mol.